The zero-order valence-corrected chi connectivity index (χ0v) is 51.3. The molecule has 6 N–H and O–H groups in total. The van der Waals surface area contributed by atoms with E-state index in [9.17, 15) is 9.59 Å². The van der Waals surface area contributed by atoms with E-state index < -0.39 is 12.2 Å². The predicted octanol–water partition coefficient (Wildman–Crippen LogP) is 12.5. The number of hydrogen-bond acceptors (Lipinski definition) is 14. The lowest BCUT2D eigenvalue weighted by atomic mass is 10.0. The number of hydrogen-bond donors (Lipinski definition) is 6. The number of para-hydroxylation sites is 1. The van der Waals surface area contributed by atoms with Crippen LogP contribution in [-0.2, 0) is 28.4 Å². The fourth-order valence-corrected chi connectivity index (χ4v) is 8.75. The molecule has 6 fully saturated rings. The van der Waals surface area contributed by atoms with Crippen LogP contribution in [0.2, 0.25) is 0 Å². The molecule has 0 spiro atoms. The molecule has 0 radical (unpaired) electrons. The van der Waals surface area contributed by atoms with Crippen LogP contribution in [-0.4, -0.2) is 140 Å². The van der Waals surface area contributed by atoms with Crippen LogP contribution < -0.4 is 4.90 Å². The third-order valence-corrected chi connectivity index (χ3v) is 13.0. The first-order valence-electron chi connectivity index (χ1n) is 27.6. The molecule has 442 valence electrons. The average molecular weight is 1100 g/mol. The van der Waals surface area contributed by atoms with Crippen molar-refractivity contribution in [1.29, 1.82) is 32.5 Å². The summed E-state index contributed by atoms with van der Waals surface area (Å²) in [5, 5.41) is 46.9. The van der Waals surface area contributed by atoms with Gasteiger partial charge in [0.1, 0.15) is 29.2 Å². The molecule has 0 saturated carbocycles. The smallest absolute Gasteiger partial charge is 0.420 e. The quantitative estimate of drug-likeness (QED) is 0.121. The molecular weight excluding hydrogens is 1000 g/mol. The van der Waals surface area contributed by atoms with E-state index in [-0.39, 0.29) is 65.9 Å². The van der Waals surface area contributed by atoms with Crippen molar-refractivity contribution in [2.75, 3.05) is 25.0 Å². The lowest BCUT2D eigenvalue weighted by molar-refractivity contribution is 0.118. The number of amidine groups is 6. The summed E-state index contributed by atoms with van der Waals surface area (Å²) >= 11 is 0. The molecule has 20 heteroatoms. The van der Waals surface area contributed by atoms with Gasteiger partial charge in [-0.25, -0.2) is 14.5 Å². The number of likely N-dealkylation sites (N-methyl/N-ethyl adjacent to an activating group) is 2. The summed E-state index contributed by atoms with van der Waals surface area (Å²) in [6.07, 6.45) is -1.23. The van der Waals surface area contributed by atoms with Crippen molar-refractivity contribution >= 4 is 52.9 Å². The molecule has 6 aliphatic heterocycles. The van der Waals surface area contributed by atoms with E-state index in [0.717, 1.165) is 13.0 Å². The highest BCUT2D eigenvalue weighted by molar-refractivity contribution is 6.19. The monoisotopic (exact) mass is 1100 g/mol. The number of cyclic esters (lactones) is 2. The summed E-state index contributed by atoms with van der Waals surface area (Å²) < 4.78 is 32.1. The van der Waals surface area contributed by atoms with Crippen molar-refractivity contribution in [2.24, 2.45) is 35.5 Å². The Morgan fingerprint density at radius 3 is 1.16 bits per heavy atom. The van der Waals surface area contributed by atoms with Gasteiger partial charge in [0.2, 0.25) is 0 Å². The molecule has 20 nitrogen and oxygen atoms in total. The summed E-state index contributed by atoms with van der Waals surface area (Å²) in [6.45, 7) is 54.8. The van der Waals surface area contributed by atoms with E-state index in [4.69, 9.17) is 60.9 Å². The topological polar surface area (TPSA) is 252 Å². The van der Waals surface area contributed by atoms with Crippen LogP contribution in [0, 0.1) is 68.0 Å². The number of ether oxygens (including phenoxy) is 6. The number of nitrogens with zero attached hydrogens (tertiary/aromatic N) is 6. The maximum atomic E-state index is 11.7. The molecule has 2 amide bonds. The van der Waals surface area contributed by atoms with Crippen LogP contribution in [0.4, 0.5) is 15.3 Å². The van der Waals surface area contributed by atoms with Gasteiger partial charge in [0.05, 0.1) is 5.69 Å². The Hall–Kier alpha value is -6.86. The molecule has 0 aromatic heterocycles. The second-order valence-electron chi connectivity index (χ2n) is 23.2. The van der Waals surface area contributed by atoms with Crippen molar-refractivity contribution in [3.8, 4) is 0 Å². The third-order valence-electron chi connectivity index (χ3n) is 13.0. The van der Waals surface area contributed by atoms with Crippen molar-refractivity contribution < 1.29 is 38.0 Å². The van der Waals surface area contributed by atoms with Crippen molar-refractivity contribution in [2.45, 2.75) is 186 Å². The molecule has 0 aliphatic carbocycles. The largest absolute Gasteiger partial charge is 0.468 e. The lowest BCUT2D eigenvalue weighted by Gasteiger charge is -2.31. The molecule has 1 aromatic rings. The van der Waals surface area contributed by atoms with Crippen molar-refractivity contribution in [3.63, 3.8) is 0 Å². The van der Waals surface area contributed by atoms with E-state index >= 15 is 0 Å². The highest BCUT2D eigenvalue weighted by Gasteiger charge is 2.43. The zero-order chi connectivity index (χ0) is 60.9. The van der Waals surface area contributed by atoms with E-state index in [1.807, 2.05) is 111 Å². The van der Waals surface area contributed by atoms with E-state index in [1.165, 1.54) is 9.80 Å². The summed E-state index contributed by atoms with van der Waals surface area (Å²) in [4.78, 5) is 32.8. The predicted molar refractivity (Wildman–Crippen MR) is 317 cm³/mol. The SMILES string of the molecule is C=C1OC(C(C)C)C(=N)N1C.C=C1OC(C(C)C)C(=N)N1C(C)(C)C.C=C1OC(C(C)C)C(=N)N1C(C)C.C=C1OC(C(C)C)C(=N)N1CC.CC(C)C1OC(=O)N(c2ccccc2)C1=N.CCCN1C(=N)C(C(C)C)OC1=O. The van der Waals surface area contributed by atoms with Gasteiger partial charge in [-0.1, -0.05) is 108 Å². The van der Waals surface area contributed by atoms with Gasteiger partial charge in [-0.2, -0.15) is 0 Å². The number of carbonyl (C=O) groups is 2. The minimum Gasteiger partial charge on any atom is -0.468 e. The summed E-state index contributed by atoms with van der Waals surface area (Å²) in [5.74, 6) is 6.64. The molecule has 6 unspecified atom stereocenters. The normalized spacial score (nSPS) is 22.9. The third kappa shape index (κ3) is 17.3. The van der Waals surface area contributed by atoms with Gasteiger partial charge in [-0.3, -0.25) is 52.1 Å². The standard InChI is InChI=1S/C12H14N2O2.C11H20N2O.C10H18N2O.C9H16N2O2.C9H16N2O.C8H14N2O/c1-8(2)10-11(13)14(12(15)16-10)9-6-4-3-5-7-9;1-7(2)9-10(12)13(8(3)14-9)11(4,5)6;1-6(2)9-10(11)12(7(3)4)8(5)13-9;1-4-5-11-8(10)7(6(2)3)13-9(11)12;1-5-11-7(4)12-8(6(2)3)9(11)10;1-5(2)7-8(9)10(4)6(3)11-7/h3-8,10,13H,1-2H3;7,9,12H,3H2,1-2,4-6H3;6-7,9,11H,5H2,1-4H3;6-7,10H,4-5H2,1-3H3;6,8,10H,4-5H2,1-3H3;5,7,9H,3H2,1-2,4H3. The van der Waals surface area contributed by atoms with Crippen LogP contribution in [0.1, 0.15) is 138 Å². The van der Waals surface area contributed by atoms with Gasteiger partial charge < -0.3 is 33.3 Å². The molecule has 0 bridgehead atoms. The molecule has 6 saturated heterocycles. The minimum atomic E-state index is -0.463. The highest BCUT2D eigenvalue weighted by atomic mass is 16.6. The number of anilines is 1. The first kappa shape index (κ1) is 68.2. The average Bonchev–Trinajstić information content (AvgIpc) is 4.15. The molecule has 6 atom stereocenters. The Morgan fingerprint density at radius 1 is 0.481 bits per heavy atom. The second-order valence-corrected chi connectivity index (χ2v) is 23.2. The van der Waals surface area contributed by atoms with Gasteiger partial charge >= 0.3 is 12.2 Å². The molecular formula is C59H98N12O8. The van der Waals surface area contributed by atoms with Gasteiger partial charge in [0, 0.05) is 31.7 Å². The first-order valence-corrected chi connectivity index (χ1v) is 27.6. The number of amides is 2. The Labute approximate surface area is 473 Å². The van der Waals surface area contributed by atoms with Gasteiger partial charge in [0.25, 0.3) is 0 Å². The van der Waals surface area contributed by atoms with Gasteiger partial charge in [0.15, 0.2) is 66.0 Å². The zero-order valence-electron chi connectivity index (χ0n) is 51.3. The fraction of sp³-hybridized carbons (Fsp3) is 0.627. The number of benzene rings is 1. The maximum absolute atomic E-state index is 11.7. The van der Waals surface area contributed by atoms with Crippen LogP contribution in [0.15, 0.2) is 80.2 Å². The molecule has 79 heavy (non-hydrogen) atoms. The van der Waals surface area contributed by atoms with Crippen molar-refractivity contribution in [1.82, 2.24) is 24.5 Å². The summed E-state index contributed by atoms with van der Waals surface area (Å²) in [5.41, 5.74) is 0.554. The van der Waals surface area contributed by atoms with Crippen LogP contribution >= 0.6 is 0 Å². The summed E-state index contributed by atoms with van der Waals surface area (Å²) in [7, 11) is 1.80. The van der Waals surface area contributed by atoms with E-state index in [1.54, 1.807) is 29.0 Å². The molecule has 6 aliphatic rings. The Balaban J connectivity index is 0.000000325. The van der Waals surface area contributed by atoms with E-state index in [0.29, 0.717) is 88.6 Å². The number of rotatable bonds is 11. The minimum absolute atomic E-state index is 0.0996. The Morgan fingerprint density at radius 2 is 0.861 bits per heavy atom. The first-order chi connectivity index (χ1) is 36.5. The maximum Gasteiger partial charge on any atom is 0.420 e. The molecule has 6 heterocycles. The Kier molecular flexibility index (Phi) is 25.4. The highest BCUT2D eigenvalue weighted by Crippen LogP contribution is 2.32. The summed E-state index contributed by atoms with van der Waals surface area (Å²) in [6, 6.07) is 9.37. The lowest BCUT2D eigenvalue weighted by Crippen LogP contribution is -2.43. The van der Waals surface area contributed by atoms with Gasteiger partial charge in [-0.15, -0.1) is 0 Å². The van der Waals surface area contributed by atoms with Crippen LogP contribution in [0.5, 0.6) is 0 Å². The fourth-order valence-electron chi connectivity index (χ4n) is 8.75. The van der Waals surface area contributed by atoms with Crippen LogP contribution in [0.3, 0.4) is 0 Å². The number of carbonyl (C=O) groups excluding carboxylic acids is 2. The molecule has 1 aromatic carbocycles. The Bertz CT molecular complexity index is 2380. The van der Waals surface area contributed by atoms with Gasteiger partial charge in [-0.05, 0) is 122 Å². The second kappa shape index (κ2) is 29.4. The van der Waals surface area contributed by atoms with Crippen LogP contribution in [0.25, 0.3) is 0 Å². The number of nitrogens with one attached hydrogen (secondary N) is 6. The molecule has 7 rings (SSSR count). The van der Waals surface area contributed by atoms with Crippen molar-refractivity contribution in [3.05, 3.63) is 80.2 Å². The van der Waals surface area contributed by atoms with E-state index in [2.05, 4.69) is 74.8 Å².